The number of halogens is 2. The van der Waals surface area contributed by atoms with Crippen molar-refractivity contribution in [3.8, 4) is 11.5 Å². The maximum absolute atomic E-state index is 11.8. The molecule has 0 unspecified atom stereocenters. The smallest absolute Gasteiger partial charge is 0.227 e. The van der Waals surface area contributed by atoms with Crippen molar-refractivity contribution in [2.24, 2.45) is 0 Å². The second kappa shape index (κ2) is 6.19. The van der Waals surface area contributed by atoms with Crippen LogP contribution in [0.5, 0.6) is 11.5 Å². The van der Waals surface area contributed by atoms with Gasteiger partial charge in [0, 0.05) is 24.7 Å². The minimum Gasteiger partial charge on any atom is -0.457 e. The van der Waals surface area contributed by atoms with E-state index in [0.29, 0.717) is 22.2 Å². The molecule has 1 amide bonds. The number of ether oxygens (including phenoxy) is 1. The maximum atomic E-state index is 11.8. The predicted molar refractivity (Wildman–Crippen MR) is 89.3 cm³/mol. The van der Waals surface area contributed by atoms with E-state index in [1.54, 1.807) is 18.2 Å². The van der Waals surface area contributed by atoms with Crippen molar-refractivity contribution in [1.82, 2.24) is 0 Å². The van der Waals surface area contributed by atoms with E-state index in [-0.39, 0.29) is 5.91 Å². The van der Waals surface area contributed by atoms with Gasteiger partial charge in [0.2, 0.25) is 5.91 Å². The summed E-state index contributed by atoms with van der Waals surface area (Å²) in [6.07, 6.45) is 1.54. The number of aryl methyl sites for hydroxylation is 1. The van der Waals surface area contributed by atoms with E-state index in [4.69, 9.17) is 27.9 Å². The molecule has 0 bridgehead atoms. The van der Waals surface area contributed by atoms with Crippen molar-refractivity contribution in [3.05, 3.63) is 52.0 Å². The fraction of sp³-hybridized carbons (Fsp3) is 0.235. The Bertz CT molecular complexity index is 731. The van der Waals surface area contributed by atoms with E-state index in [2.05, 4.69) is 0 Å². The molecule has 0 spiro atoms. The number of carbonyl (C=O) groups excluding carboxylic acids is 1. The summed E-state index contributed by atoms with van der Waals surface area (Å²) in [5.41, 5.74) is 1.88. The van der Waals surface area contributed by atoms with E-state index in [0.717, 1.165) is 30.0 Å². The van der Waals surface area contributed by atoms with E-state index in [9.17, 15) is 4.79 Å². The number of hydrogen-bond acceptors (Lipinski definition) is 2. The number of anilines is 1. The van der Waals surface area contributed by atoms with Crippen LogP contribution in [0.1, 0.15) is 18.4 Å². The molecule has 22 heavy (non-hydrogen) atoms. The molecule has 1 fully saturated rings. The molecule has 1 heterocycles. The van der Waals surface area contributed by atoms with E-state index in [1.807, 2.05) is 30.0 Å². The molecule has 0 radical (unpaired) electrons. The van der Waals surface area contributed by atoms with E-state index < -0.39 is 0 Å². The molecule has 3 nitrogen and oxygen atoms in total. The average Bonchev–Trinajstić information content (AvgIpc) is 2.91. The molecular weight excluding hydrogens is 321 g/mol. The number of nitrogens with zero attached hydrogens (tertiary/aromatic N) is 1. The Kier molecular flexibility index (Phi) is 4.27. The number of hydrogen-bond donors (Lipinski definition) is 0. The Morgan fingerprint density at radius 2 is 1.91 bits per heavy atom. The Morgan fingerprint density at radius 3 is 2.55 bits per heavy atom. The Morgan fingerprint density at radius 1 is 1.09 bits per heavy atom. The van der Waals surface area contributed by atoms with Crippen LogP contribution in [0.2, 0.25) is 10.0 Å². The van der Waals surface area contributed by atoms with Crippen molar-refractivity contribution in [2.75, 3.05) is 11.4 Å². The highest BCUT2D eigenvalue weighted by atomic mass is 35.5. The molecule has 2 aromatic rings. The average molecular weight is 336 g/mol. The van der Waals surface area contributed by atoms with Crippen LogP contribution in [-0.2, 0) is 4.79 Å². The van der Waals surface area contributed by atoms with Crippen molar-refractivity contribution in [3.63, 3.8) is 0 Å². The van der Waals surface area contributed by atoms with Crippen LogP contribution in [0.25, 0.3) is 0 Å². The van der Waals surface area contributed by atoms with Crippen molar-refractivity contribution in [1.29, 1.82) is 0 Å². The molecule has 114 valence electrons. The molecule has 1 aliphatic heterocycles. The summed E-state index contributed by atoms with van der Waals surface area (Å²) in [5, 5.41) is 0.949. The van der Waals surface area contributed by atoms with Crippen molar-refractivity contribution in [2.45, 2.75) is 19.8 Å². The third-order valence-electron chi connectivity index (χ3n) is 3.66. The lowest BCUT2D eigenvalue weighted by atomic mass is 10.2. The molecule has 5 heteroatoms. The third-order valence-corrected chi connectivity index (χ3v) is 4.40. The van der Waals surface area contributed by atoms with Gasteiger partial charge in [-0.3, -0.25) is 4.79 Å². The van der Waals surface area contributed by atoms with Gasteiger partial charge < -0.3 is 9.64 Å². The van der Waals surface area contributed by atoms with Gasteiger partial charge >= 0.3 is 0 Å². The van der Waals surface area contributed by atoms with Crippen LogP contribution >= 0.6 is 23.2 Å². The first-order chi connectivity index (χ1) is 10.5. The maximum Gasteiger partial charge on any atom is 0.227 e. The minimum absolute atomic E-state index is 0.178. The molecule has 1 aliphatic rings. The van der Waals surface area contributed by atoms with Crippen LogP contribution < -0.4 is 9.64 Å². The standard InChI is InChI=1S/C17H15Cl2NO2/c1-11-9-12(20-8-2-3-17(20)21)4-7-16(11)22-13-5-6-14(18)15(19)10-13/h4-7,9-10H,2-3,8H2,1H3. The molecule has 0 aromatic heterocycles. The summed E-state index contributed by atoms with van der Waals surface area (Å²) in [7, 11) is 0. The number of rotatable bonds is 3. The highest BCUT2D eigenvalue weighted by molar-refractivity contribution is 6.42. The Labute approximate surface area is 139 Å². The summed E-state index contributed by atoms with van der Waals surface area (Å²) >= 11 is 11.9. The first-order valence-corrected chi connectivity index (χ1v) is 7.84. The van der Waals surface area contributed by atoms with Gasteiger partial charge in [-0.1, -0.05) is 23.2 Å². The fourth-order valence-corrected chi connectivity index (χ4v) is 2.79. The molecule has 0 N–H and O–H groups in total. The largest absolute Gasteiger partial charge is 0.457 e. The summed E-state index contributed by atoms with van der Waals surface area (Å²) in [4.78, 5) is 13.6. The molecule has 0 atom stereocenters. The third kappa shape index (κ3) is 3.06. The van der Waals surface area contributed by atoms with E-state index in [1.165, 1.54) is 0 Å². The lowest BCUT2D eigenvalue weighted by molar-refractivity contribution is -0.117. The highest BCUT2D eigenvalue weighted by Crippen LogP contribution is 2.33. The zero-order chi connectivity index (χ0) is 15.7. The van der Waals surface area contributed by atoms with Crippen molar-refractivity contribution < 1.29 is 9.53 Å². The van der Waals surface area contributed by atoms with Crippen LogP contribution in [-0.4, -0.2) is 12.5 Å². The lowest BCUT2D eigenvalue weighted by Crippen LogP contribution is -2.23. The van der Waals surface area contributed by atoms with Gasteiger partial charge in [0.25, 0.3) is 0 Å². The Hall–Kier alpha value is -1.71. The van der Waals surface area contributed by atoms with Crippen LogP contribution in [0.3, 0.4) is 0 Å². The van der Waals surface area contributed by atoms with E-state index >= 15 is 0 Å². The summed E-state index contributed by atoms with van der Waals surface area (Å²) in [5.74, 6) is 1.54. The first kappa shape index (κ1) is 15.2. The monoisotopic (exact) mass is 335 g/mol. The van der Waals surface area contributed by atoms with Gasteiger partial charge in [0.05, 0.1) is 10.0 Å². The molecule has 0 saturated carbocycles. The quantitative estimate of drug-likeness (QED) is 0.769. The zero-order valence-electron chi connectivity index (χ0n) is 12.1. The van der Waals surface area contributed by atoms with Gasteiger partial charge in [-0.2, -0.15) is 0 Å². The van der Waals surface area contributed by atoms with Crippen LogP contribution in [0, 0.1) is 6.92 Å². The fourth-order valence-electron chi connectivity index (χ4n) is 2.50. The second-order valence-electron chi connectivity index (χ2n) is 5.28. The Balaban J connectivity index is 1.83. The van der Waals surface area contributed by atoms with Gasteiger partial charge in [0.1, 0.15) is 11.5 Å². The van der Waals surface area contributed by atoms with Crippen molar-refractivity contribution >= 4 is 34.8 Å². The number of amides is 1. The van der Waals surface area contributed by atoms with Gasteiger partial charge in [-0.05, 0) is 49.2 Å². The van der Waals surface area contributed by atoms with Gasteiger partial charge in [0.15, 0.2) is 0 Å². The molecular formula is C17H15Cl2NO2. The normalized spacial score (nSPS) is 14.5. The highest BCUT2D eigenvalue weighted by Gasteiger charge is 2.22. The van der Waals surface area contributed by atoms with Crippen LogP contribution in [0.15, 0.2) is 36.4 Å². The zero-order valence-corrected chi connectivity index (χ0v) is 13.6. The summed E-state index contributed by atoms with van der Waals surface area (Å²) in [6.45, 7) is 2.74. The summed E-state index contributed by atoms with van der Waals surface area (Å²) < 4.78 is 5.84. The topological polar surface area (TPSA) is 29.5 Å². The molecule has 0 aliphatic carbocycles. The van der Waals surface area contributed by atoms with Gasteiger partial charge in [-0.15, -0.1) is 0 Å². The SMILES string of the molecule is Cc1cc(N2CCCC2=O)ccc1Oc1ccc(Cl)c(Cl)c1. The van der Waals surface area contributed by atoms with Gasteiger partial charge in [-0.25, -0.2) is 0 Å². The molecule has 3 rings (SSSR count). The molecule has 2 aromatic carbocycles. The number of carbonyl (C=O) groups is 1. The van der Waals surface area contributed by atoms with Crippen LogP contribution in [0.4, 0.5) is 5.69 Å². The molecule has 1 saturated heterocycles. The number of benzene rings is 2. The predicted octanol–water partition coefficient (Wildman–Crippen LogP) is 5.22. The summed E-state index contributed by atoms with van der Waals surface area (Å²) in [6, 6.07) is 10.9. The lowest BCUT2D eigenvalue weighted by Gasteiger charge is -2.17. The second-order valence-corrected chi connectivity index (χ2v) is 6.09. The minimum atomic E-state index is 0.178. The first-order valence-electron chi connectivity index (χ1n) is 7.08.